The van der Waals surface area contributed by atoms with Crippen molar-refractivity contribution in [2.45, 2.75) is 6.92 Å². The summed E-state index contributed by atoms with van der Waals surface area (Å²) in [6, 6.07) is 89.5. The zero-order chi connectivity index (χ0) is 50.1. The largest absolute Gasteiger partial charge is 0.416 e. The summed E-state index contributed by atoms with van der Waals surface area (Å²) in [6.45, 7) is 2.05. The van der Waals surface area contributed by atoms with Gasteiger partial charge in [-0.25, -0.2) is 15.0 Å². The molecule has 0 saturated heterocycles. The molecule has 0 N–H and O–H groups in total. The Labute approximate surface area is 433 Å². The molecule has 9 nitrogen and oxygen atoms in total. The Hall–Kier alpha value is -10.3. The monoisotopic (exact) mass is 966 g/mol. The quantitative estimate of drug-likeness (QED) is 0.143. The topological polar surface area (TPSA) is 92.4 Å². The molecule has 10 aromatic carbocycles. The Morgan fingerprint density at radius 1 is 0.280 bits per heavy atom. The lowest BCUT2D eigenvalue weighted by Gasteiger charge is -2.15. The standard InChI is InChI=1S/C45H30N6.C21H16N2O/c1-4-16-34(17-5-1)49-40-25-13-10-22-37(40)46-43(49)31-28-32(44-47-38-23-11-14-26-41(38)50(44)35-18-6-2-7-19-35)30-33(29-31)45-48-39-24-12-15-27-42(39)51(45)36-20-8-3-9-21-36;1-15-7-9-18(10-8-15)20-22-23-21(24-20)19-13-11-17(12-14-19)16-5-3-2-4-6-16/h1-30H;2-14H,1H3. The van der Waals surface area contributed by atoms with Crippen molar-refractivity contribution in [1.29, 1.82) is 0 Å². The number of hydrogen-bond donors (Lipinski definition) is 0. The molecule has 0 aliphatic rings. The Morgan fingerprint density at radius 2 is 0.573 bits per heavy atom. The summed E-state index contributed by atoms with van der Waals surface area (Å²) in [4.78, 5) is 15.9. The van der Waals surface area contributed by atoms with Gasteiger partial charge < -0.3 is 4.42 Å². The molecule has 0 aliphatic carbocycles. The van der Waals surface area contributed by atoms with Crippen LogP contribution in [-0.4, -0.2) is 38.9 Å². The number of aromatic nitrogens is 8. The normalized spacial score (nSPS) is 11.3. The van der Waals surface area contributed by atoms with Crippen molar-refractivity contribution in [3.63, 3.8) is 0 Å². The second kappa shape index (κ2) is 19.4. The van der Waals surface area contributed by atoms with E-state index < -0.39 is 0 Å². The van der Waals surface area contributed by atoms with E-state index in [9.17, 15) is 0 Å². The molecule has 0 fully saturated rings. The predicted octanol–water partition coefficient (Wildman–Crippen LogP) is 16.1. The summed E-state index contributed by atoms with van der Waals surface area (Å²) in [5.41, 5.74) is 17.3. The van der Waals surface area contributed by atoms with Gasteiger partial charge >= 0.3 is 0 Å². The molecule has 14 rings (SSSR count). The van der Waals surface area contributed by atoms with E-state index in [0.717, 1.165) is 101 Å². The first kappa shape index (κ1) is 44.7. The first-order valence-electron chi connectivity index (χ1n) is 24.9. The number of rotatable bonds is 9. The molecule has 0 atom stereocenters. The van der Waals surface area contributed by atoms with Gasteiger partial charge in [0.2, 0.25) is 11.8 Å². The van der Waals surface area contributed by atoms with E-state index >= 15 is 0 Å². The minimum absolute atomic E-state index is 0.533. The van der Waals surface area contributed by atoms with Gasteiger partial charge in [-0.2, -0.15) is 0 Å². The van der Waals surface area contributed by atoms with Gasteiger partial charge in [-0.05, 0) is 133 Å². The van der Waals surface area contributed by atoms with Gasteiger partial charge in [-0.15, -0.1) is 10.2 Å². The smallest absolute Gasteiger partial charge is 0.248 e. The van der Waals surface area contributed by atoms with Crippen molar-refractivity contribution in [2.24, 2.45) is 0 Å². The van der Waals surface area contributed by atoms with Crippen molar-refractivity contribution in [2.75, 3.05) is 0 Å². The molecular weight excluding hydrogens is 921 g/mol. The minimum Gasteiger partial charge on any atom is -0.416 e. The van der Waals surface area contributed by atoms with Crippen LogP contribution in [0.3, 0.4) is 0 Å². The summed E-state index contributed by atoms with van der Waals surface area (Å²) in [6.07, 6.45) is 0. The summed E-state index contributed by atoms with van der Waals surface area (Å²) >= 11 is 0. The molecule has 4 heterocycles. The maximum atomic E-state index is 5.82. The molecule has 356 valence electrons. The van der Waals surface area contributed by atoms with E-state index in [4.69, 9.17) is 19.4 Å². The molecule has 9 heteroatoms. The van der Waals surface area contributed by atoms with Gasteiger partial charge in [0.1, 0.15) is 17.5 Å². The molecule has 75 heavy (non-hydrogen) atoms. The summed E-state index contributed by atoms with van der Waals surface area (Å²) in [7, 11) is 0. The van der Waals surface area contributed by atoms with Crippen molar-refractivity contribution >= 4 is 33.1 Å². The third kappa shape index (κ3) is 8.64. The molecular formula is C66H46N8O. The van der Waals surface area contributed by atoms with E-state index in [1.165, 1.54) is 11.1 Å². The zero-order valence-electron chi connectivity index (χ0n) is 40.8. The van der Waals surface area contributed by atoms with E-state index in [1.807, 2.05) is 91.0 Å². The number of benzene rings is 10. The lowest BCUT2D eigenvalue weighted by atomic mass is 10.0. The highest BCUT2D eigenvalue weighted by atomic mass is 16.4. The zero-order valence-corrected chi connectivity index (χ0v) is 40.8. The van der Waals surface area contributed by atoms with Gasteiger partial charge in [-0.3, -0.25) is 13.7 Å². The van der Waals surface area contributed by atoms with Crippen LogP contribution in [0.1, 0.15) is 5.56 Å². The van der Waals surface area contributed by atoms with E-state index in [1.54, 1.807) is 0 Å². The van der Waals surface area contributed by atoms with E-state index in [0.29, 0.717) is 11.8 Å². The van der Waals surface area contributed by atoms with Crippen LogP contribution in [0.15, 0.2) is 265 Å². The number of hydrogen-bond acceptors (Lipinski definition) is 6. The summed E-state index contributed by atoms with van der Waals surface area (Å²) in [5.74, 6) is 3.60. The van der Waals surface area contributed by atoms with Crippen LogP contribution in [0.5, 0.6) is 0 Å². The first-order valence-corrected chi connectivity index (χ1v) is 24.9. The second-order valence-corrected chi connectivity index (χ2v) is 18.3. The predicted molar refractivity (Wildman–Crippen MR) is 302 cm³/mol. The fraction of sp³-hybridized carbons (Fsp3) is 0.0152. The van der Waals surface area contributed by atoms with Crippen LogP contribution in [0.2, 0.25) is 0 Å². The van der Waals surface area contributed by atoms with Gasteiger partial charge in [0.05, 0.1) is 33.1 Å². The molecule has 0 aliphatic heterocycles. The molecule has 0 unspecified atom stereocenters. The summed E-state index contributed by atoms with van der Waals surface area (Å²) < 4.78 is 12.6. The fourth-order valence-electron chi connectivity index (χ4n) is 9.78. The maximum absolute atomic E-state index is 5.82. The van der Waals surface area contributed by atoms with Crippen molar-refractivity contribution in [1.82, 2.24) is 38.9 Å². The molecule has 0 amide bonds. The Kier molecular flexibility index (Phi) is 11.6. The van der Waals surface area contributed by atoms with Crippen molar-refractivity contribution in [3.8, 4) is 85.3 Å². The molecule has 14 aromatic rings. The van der Waals surface area contributed by atoms with Gasteiger partial charge in [0.25, 0.3) is 0 Å². The SMILES string of the molecule is Cc1ccc(-c2nnc(-c3ccc(-c4ccccc4)cc3)o2)cc1.c1ccc(-n2c(-c3cc(-c4nc5ccccc5n4-c4ccccc4)cc(-c4nc5ccccc5n4-c4ccccc4)c3)nc3ccccc32)cc1. The van der Waals surface area contributed by atoms with Gasteiger partial charge in [0.15, 0.2) is 0 Å². The third-order valence-electron chi connectivity index (χ3n) is 13.4. The number of aryl methyl sites for hydroxylation is 1. The fourth-order valence-corrected chi connectivity index (χ4v) is 9.78. The molecule has 4 aromatic heterocycles. The molecule has 0 spiro atoms. The van der Waals surface area contributed by atoms with Gasteiger partial charge in [-0.1, -0.05) is 151 Å². The highest BCUT2D eigenvalue weighted by Gasteiger charge is 2.23. The Morgan fingerprint density at radius 3 is 0.947 bits per heavy atom. The molecule has 0 radical (unpaired) electrons. The number of nitrogens with zero attached hydrogens (tertiary/aromatic N) is 8. The van der Waals surface area contributed by atoms with Crippen LogP contribution in [-0.2, 0) is 0 Å². The summed E-state index contributed by atoms with van der Waals surface area (Å²) in [5, 5.41) is 8.33. The Balaban J connectivity index is 0.000000188. The van der Waals surface area contributed by atoms with Crippen LogP contribution in [0, 0.1) is 6.92 Å². The van der Waals surface area contributed by atoms with Crippen molar-refractivity contribution < 1.29 is 4.42 Å². The minimum atomic E-state index is 0.533. The second-order valence-electron chi connectivity index (χ2n) is 18.3. The third-order valence-corrected chi connectivity index (χ3v) is 13.4. The number of para-hydroxylation sites is 9. The van der Waals surface area contributed by atoms with Crippen LogP contribution in [0.4, 0.5) is 0 Å². The first-order chi connectivity index (χ1) is 37.1. The number of fused-ring (bicyclic) bond motifs is 3. The van der Waals surface area contributed by atoms with Crippen molar-refractivity contribution in [3.05, 3.63) is 266 Å². The van der Waals surface area contributed by atoms with E-state index in [-0.39, 0.29) is 0 Å². The van der Waals surface area contributed by atoms with Crippen LogP contribution >= 0.6 is 0 Å². The lowest BCUT2D eigenvalue weighted by molar-refractivity contribution is 0.584. The van der Waals surface area contributed by atoms with Gasteiger partial charge in [0, 0.05) is 44.9 Å². The maximum Gasteiger partial charge on any atom is 0.248 e. The van der Waals surface area contributed by atoms with Crippen LogP contribution < -0.4 is 0 Å². The lowest BCUT2D eigenvalue weighted by Crippen LogP contribution is -2.02. The van der Waals surface area contributed by atoms with E-state index in [2.05, 4.69) is 201 Å². The highest BCUT2D eigenvalue weighted by molar-refractivity contribution is 5.90. The molecule has 0 saturated carbocycles. The van der Waals surface area contributed by atoms with Crippen LogP contribution in [0.25, 0.3) is 118 Å². The average Bonchev–Trinajstić information content (AvgIpc) is 4.31. The molecule has 0 bridgehead atoms. The Bertz CT molecular complexity index is 3950. The number of imidazole rings is 3. The average molecular weight is 967 g/mol. The highest BCUT2D eigenvalue weighted by Crippen LogP contribution is 2.39.